The van der Waals surface area contributed by atoms with E-state index in [1.807, 2.05) is 0 Å². The number of carboxylic acids is 2. The Morgan fingerprint density at radius 2 is 1.75 bits per heavy atom. The Balaban J connectivity index is 1.91. The third kappa shape index (κ3) is 1.90. The van der Waals surface area contributed by atoms with Gasteiger partial charge in [0.2, 0.25) is 0 Å². The van der Waals surface area contributed by atoms with Gasteiger partial charge in [-0.3, -0.25) is 4.79 Å². The maximum absolute atomic E-state index is 13.4. The smallest absolute Gasteiger partial charge is 0.398 e. The Hall–Kier alpha value is -1.24. The zero-order valence-corrected chi connectivity index (χ0v) is 10.7. The van der Waals surface area contributed by atoms with E-state index < -0.39 is 29.1 Å². The molecule has 0 aromatic rings. The largest absolute Gasteiger partial charge is 0.542 e. The molecule has 0 amide bonds. The number of aliphatic carboxylic acids is 2. The molecule has 112 valence electrons. The van der Waals surface area contributed by atoms with Gasteiger partial charge in [-0.2, -0.15) is 8.78 Å². The van der Waals surface area contributed by atoms with E-state index >= 15 is 0 Å². The predicted octanol–water partition coefficient (Wildman–Crippen LogP) is 0.769. The first-order valence-electron chi connectivity index (χ1n) is 6.69. The van der Waals surface area contributed by atoms with Crippen LogP contribution in [0.5, 0.6) is 0 Å². The average Bonchev–Trinajstić information content (AvgIpc) is 2.24. The summed E-state index contributed by atoms with van der Waals surface area (Å²) >= 11 is 0. The molecule has 20 heavy (non-hydrogen) atoms. The molecule has 0 saturated heterocycles. The summed E-state index contributed by atoms with van der Waals surface area (Å²) in [5, 5.41) is 19.9. The van der Waals surface area contributed by atoms with Gasteiger partial charge in [0.1, 0.15) is 5.97 Å². The fourth-order valence-corrected chi connectivity index (χ4v) is 4.86. The number of carboxylic acid groups (broad SMARTS) is 2. The molecule has 4 fully saturated rings. The Kier molecular flexibility index (Phi) is 2.68. The first-order valence-corrected chi connectivity index (χ1v) is 6.69. The number of rotatable bonds is 4. The van der Waals surface area contributed by atoms with Gasteiger partial charge in [0.15, 0.2) is 0 Å². The number of alkyl halides is 2. The van der Waals surface area contributed by atoms with Crippen molar-refractivity contribution in [2.24, 2.45) is 17.3 Å². The van der Waals surface area contributed by atoms with Crippen LogP contribution in [0.2, 0.25) is 0 Å². The van der Waals surface area contributed by atoms with Gasteiger partial charge in [0.25, 0.3) is 0 Å². The molecule has 1 N–H and O–H groups in total. The van der Waals surface area contributed by atoms with Crippen LogP contribution < -0.4 is 5.11 Å². The Bertz CT molecular complexity index is 457. The van der Waals surface area contributed by atoms with Gasteiger partial charge in [0.05, 0.1) is 11.0 Å². The summed E-state index contributed by atoms with van der Waals surface area (Å²) in [4.78, 5) is 22.0. The van der Waals surface area contributed by atoms with Crippen LogP contribution in [0.4, 0.5) is 8.78 Å². The molecule has 0 radical (unpaired) electrons. The third-order valence-electron chi connectivity index (χ3n) is 5.04. The van der Waals surface area contributed by atoms with Crippen LogP contribution in [0.15, 0.2) is 0 Å². The molecule has 4 aliphatic carbocycles. The van der Waals surface area contributed by atoms with Gasteiger partial charge in [-0.25, -0.2) is 0 Å². The highest BCUT2D eigenvalue weighted by Crippen LogP contribution is 2.63. The Morgan fingerprint density at radius 3 is 2.20 bits per heavy atom. The third-order valence-corrected chi connectivity index (χ3v) is 5.04. The molecule has 4 saturated carbocycles. The highest BCUT2D eigenvalue weighted by atomic mass is 19.3. The summed E-state index contributed by atoms with van der Waals surface area (Å²) in [6.45, 7) is 0. The fraction of sp³-hybridized carbons (Fsp3) is 0.846. The van der Waals surface area contributed by atoms with Gasteiger partial charge in [-0.15, -0.1) is 0 Å². The van der Waals surface area contributed by atoms with Crippen molar-refractivity contribution in [3.63, 3.8) is 0 Å². The van der Waals surface area contributed by atoms with Crippen LogP contribution >= 0.6 is 0 Å². The van der Waals surface area contributed by atoms with Crippen LogP contribution in [0.3, 0.4) is 0 Å². The molecule has 4 rings (SSSR count). The zero-order chi connectivity index (χ0) is 14.8. The van der Waals surface area contributed by atoms with E-state index in [2.05, 4.69) is 4.74 Å². The van der Waals surface area contributed by atoms with Crippen LogP contribution in [-0.2, 0) is 14.3 Å². The van der Waals surface area contributed by atoms with Crippen LogP contribution in [0.1, 0.15) is 38.5 Å². The van der Waals surface area contributed by atoms with Crippen LogP contribution in [0.25, 0.3) is 0 Å². The number of ether oxygens (including phenoxy) is 1. The van der Waals surface area contributed by atoms with Crippen molar-refractivity contribution in [3.8, 4) is 0 Å². The molecular weight excluding hydrogens is 274 g/mol. The lowest BCUT2D eigenvalue weighted by molar-refractivity contribution is -0.387. The summed E-state index contributed by atoms with van der Waals surface area (Å²) in [6, 6.07) is 0. The second kappa shape index (κ2) is 3.90. The lowest BCUT2D eigenvalue weighted by Crippen LogP contribution is -2.62. The molecule has 2 unspecified atom stereocenters. The maximum atomic E-state index is 13.4. The normalized spacial score (nSPS) is 42.7. The van der Waals surface area contributed by atoms with Crippen LogP contribution in [-0.4, -0.2) is 28.8 Å². The second-order valence-corrected chi connectivity index (χ2v) is 6.64. The van der Waals surface area contributed by atoms with Crippen molar-refractivity contribution in [1.29, 1.82) is 0 Å². The van der Waals surface area contributed by atoms with Crippen molar-refractivity contribution in [2.45, 2.75) is 50.2 Å². The minimum absolute atomic E-state index is 0.0184. The predicted molar refractivity (Wildman–Crippen MR) is 58.5 cm³/mol. The van der Waals surface area contributed by atoms with Gasteiger partial charge < -0.3 is 19.7 Å². The van der Waals surface area contributed by atoms with Gasteiger partial charge >= 0.3 is 12.1 Å². The van der Waals surface area contributed by atoms with Crippen molar-refractivity contribution in [3.05, 3.63) is 0 Å². The highest BCUT2D eigenvalue weighted by Gasteiger charge is 2.63. The summed E-state index contributed by atoms with van der Waals surface area (Å²) in [5.74, 6) is -3.52. The van der Waals surface area contributed by atoms with E-state index in [-0.39, 0.29) is 18.3 Å². The van der Waals surface area contributed by atoms with E-state index in [9.17, 15) is 28.6 Å². The van der Waals surface area contributed by atoms with Crippen molar-refractivity contribution >= 4 is 11.9 Å². The molecule has 7 heteroatoms. The quantitative estimate of drug-likeness (QED) is 0.826. The van der Waals surface area contributed by atoms with Crippen LogP contribution in [0, 0.1) is 17.3 Å². The molecule has 5 nitrogen and oxygen atoms in total. The molecule has 0 aromatic carbocycles. The average molecular weight is 289 g/mol. The summed E-state index contributed by atoms with van der Waals surface area (Å²) in [6.07, 6.45) is -2.03. The number of hydrogen-bond acceptors (Lipinski definition) is 4. The SMILES string of the molecule is O=C(O)C12CC3CC(CC(OC(F)(F)C(=O)[O-])(C3)C1)C2. The van der Waals surface area contributed by atoms with Gasteiger partial charge in [-0.1, -0.05) is 0 Å². The number of carbonyl (C=O) groups excluding carboxylic acids is 1. The lowest BCUT2D eigenvalue weighted by Gasteiger charge is -2.60. The van der Waals surface area contributed by atoms with E-state index in [4.69, 9.17) is 0 Å². The van der Waals surface area contributed by atoms with E-state index in [0.29, 0.717) is 25.7 Å². The number of halogens is 2. The zero-order valence-electron chi connectivity index (χ0n) is 10.7. The molecule has 0 spiro atoms. The van der Waals surface area contributed by atoms with E-state index in [1.54, 1.807) is 0 Å². The van der Waals surface area contributed by atoms with Crippen molar-refractivity contribution in [1.82, 2.24) is 0 Å². The molecule has 2 atom stereocenters. The summed E-state index contributed by atoms with van der Waals surface area (Å²) in [7, 11) is 0. The standard InChI is InChI=1S/C13H16F2O5/c14-13(15,10(18)19)20-12-4-7-1-8(5-12)3-11(2-7,6-12)9(16)17/h7-8H,1-6H2,(H,16,17)(H,18,19)/p-1. The first kappa shape index (κ1) is 13.7. The van der Waals surface area contributed by atoms with E-state index in [1.165, 1.54) is 0 Å². The molecule has 0 heterocycles. The highest BCUT2D eigenvalue weighted by molar-refractivity contribution is 5.75. The molecule has 4 bridgehead atoms. The second-order valence-electron chi connectivity index (χ2n) is 6.64. The van der Waals surface area contributed by atoms with Gasteiger partial charge in [-0.05, 0) is 50.4 Å². The molecule has 0 aliphatic heterocycles. The Morgan fingerprint density at radius 1 is 1.20 bits per heavy atom. The molecule has 0 aromatic heterocycles. The number of hydrogen-bond donors (Lipinski definition) is 1. The minimum atomic E-state index is -4.37. The molecular formula is C13H15F2O5-. The topological polar surface area (TPSA) is 86.7 Å². The number of carbonyl (C=O) groups is 2. The Labute approximate surface area is 113 Å². The fourth-order valence-electron chi connectivity index (χ4n) is 4.86. The summed E-state index contributed by atoms with van der Waals surface area (Å²) < 4.78 is 31.3. The first-order chi connectivity index (χ1) is 9.16. The van der Waals surface area contributed by atoms with Gasteiger partial charge in [0, 0.05) is 0 Å². The summed E-state index contributed by atoms with van der Waals surface area (Å²) in [5.41, 5.74) is -2.38. The maximum Gasteiger partial charge on any atom is 0.398 e. The molecule has 4 aliphatic rings. The monoisotopic (exact) mass is 289 g/mol. The van der Waals surface area contributed by atoms with Crippen molar-refractivity contribution in [2.75, 3.05) is 0 Å². The van der Waals surface area contributed by atoms with E-state index in [0.717, 1.165) is 6.42 Å². The lowest BCUT2D eigenvalue weighted by atomic mass is 9.48. The van der Waals surface area contributed by atoms with Crippen molar-refractivity contribution < 1.29 is 33.3 Å². The minimum Gasteiger partial charge on any atom is -0.542 e.